The van der Waals surface area contributed by atoms with E-state index in [4.69, 9.17) is 5.73 Å². The van der Waals surface area contributed by atoms with E-state index in [0.717, 1.165) is 31.5 Å². The molecule has 1 unspecified atom stereocenters. The van der Waals surface area contributed by atoms with Gasteiger partial charge in [-0.3, -0.25) is 0 Å². The molecule has 1 atom stereocenters. The second-order valence-corrected chi connectivity index (χ2v) is 10.7. The number of dihydropyridines is 1. The maximum absolute atomic E-state index is 6.39. The summed E-state index contributed by atoms with van der Waals surface area (Å²) in [6.07, 6.45) is 26.0. The summed E-state index contributed by atoms with van der Waals surface area (Å²) < 4.78 is 2.44. The van der Waals surface area contributed by atoms with Gasteiger partial charge in [0.05, 0.1) is 5.52 Å². The number of aromatic nitrogens is 1. The Morgan fingerprint density at radius 2 is 1.74 bits per heavy atom. The Labute approximate surface area is 249 Å². The molecule has 3 heteroatoms. The lowest BCUT2D eigenvalue weighted by Gasteiger charge is -2.16. The van der Waals surface area contributed by atoms with Gasteiger partial charge in [0.15, 0.2) is 0 Å². The first-order valence-corrected chi connectivity index (χ1v) is 14.7. The highest BCUT2D eigenvalue weighted by Crippen LogP contribution is 2.37. The molecule has 0 saturated carbocycles. The SMILES string of the molecule is C=C/C=C\C(N)/C=C/C(=C\CC1=CC=CCN1)n1c2c(c3cc(-c4cccc(-c5ccccc5)c4)ccc31)C=CCC2. The maximum Gasteiger partial charge on any atom is 0.0538 e. The summed E-state index contributed by atoms with van der Waals surface area (Å²) in [6.45, 7) is 4.64. The fraction of sp³-hybridized carbons (Fsp3) is 0.128. The van der Waals surface area contributed by atoms with Crippen LogP contribution in [0.4, 0.5) is 0 Å². The summed E-state index contributed by atoms with van der Waals surface area (Å²) in [7, 11) is 0. The summed E-state index contributed by atoms with van der Waals surface area (Å²) in [5.74, 6) is 0. The van der Waals surface area contributed by atoms with Crippen LogP contribution in [0.15, 0.2) is 146 Å². The van der Waals surface area contributed by atoms with E-state index in [0.29, 0.717) is 0 Å². The van der Waals surface area contributed by atoms with E-state index in [2.05, 4.69) is 138 Å². The lowest BCUT2D eigenvalue weighted by atomic mass is 9.96. The minimum Gasteiger partial charge on any atom is -0.385 e. The Morgan fingerprint density at radius 1 is 0.929 bits per heavy atom. The number of rotatable bonds is 9. The van der Waals surface area contributed by atoms with E-state index in [1.165, 1.54) is 50.1 Å². The number of nitrogens with two attached hydrogens (primary N) is 1. The van der Waals surface area contributed by atoms with Crippen molar-refractivity contribution in [2.45, 2.75) is 25.3 Å². The van der Waals surface area contributed by atoms with Gasteiger partial charge in [-0.05, 0) is 65.4 Å². The molecule has 42 heavy (non-hydrogen) atoms. The minimum atomic E-state index is -0.192. The van der Waals surface area contributed by atoms with Crippen LogP contribution in [0.2, 0.25) is 0 Å². The molecule has 0 fully saturated rings. The Hall–Kier alpha value is -4.86. The number of fused-ring (bicyclic) bond motifs is 3. The molecule has 0 amide bonds. The predicted octanol–water partition coefficient (Wildman–Crippen LogP) is 8.83. The normalized spacial score (nSPS) is 15.6. The quantitative estimate of drug-likeness (QED) is 0.206. The van der Waals surface area contributed by atoms with Crippen LogP contribution in [-0.4, -0.2) is 17.2 Å². The molecule has 2 heterocycles. The van der Waals surface area contributed by atoms with Gasteiger partial charge in [-0.15, -0.1) is 0 Å². The van der Waals surface area contributed by atoms with E-state index in [1.54, 1.807) is 6.08 Å². The maximum atomic E-state index is 6.39. The fourth-order valence-electron chi connectivity index (χ4n) is 5.78. The zero-order chi connectivity index (χ0) is 28.7. The smallest absolute Gasteiger partial charge is 0.0538 e. The van der Waals surface area contributed by atoms with Crippen LogP contribution in [0.25, 0.3) is 44.9 Å². The number of nitrogens with zero attached hydrogens (tertiary/aromatic N) is 1. The molecular weight excluding hydrogens is 510 g/mol. The van der Waals surface area contributed by atoms with Gasteiger partial charge in [-0.25, -0.2) is 0 Å². The van der Waals surface area contributed by atoms with Crippen molar-refractivity contribution in [1.29, 1.82) is 0 Å². The van der Waals surface area contributed by atoms with Crippen LogP contribution < -0.4 is 11.1 Å². The molecule has 4 aromatic rings. The summed E-state index contributed by atoms with van der Waals surface area (Å²) in [5, 5.41) is 4.77. The second-order valence-electron chi connectivity index (χ2n) is 10.7. The molecule has 0 spiro atoms. The van der Waals surface area contributed by atoms with Crippen molar-refractivity contribution in [3.05, 3.63) is 157 Å². The lowest BCUT2D eigenvalue weighted by Crippen LogP contribution is -2.15. The Kier molecular flexibility index (Phi) is 8.30. The summed E-state index contributed by atoms with van der Waals surface area (Å²) in [6, 6.07) is 26.1. The highest BCUT2D eigenvalue weighted by molar-refractivity contribution is 5.97. The molecule has 3 N–H and O–H groups in total. The van der Waals surface area contributed by atoms with Gasteiger partial charge in [-0.1, -0.05) is 116 Å². The highest BCUT2D eigenvalue weighted by atomic mass is 15.0. The average molecular weight is 548 g/mol. The molecule has 0 saturated heterocycles. The third kappa shape index (κ3) is 5.93. The van der Waals surface area contributed by atoms with Crippen molar-refractivity contribution >= 4 is 22.7 Å². The molecule has 3 aromatic carbocycles. The van der Waals surface area contributed by atoms with Gasteiger partial charge in [0, 0.05) is 47.0 Å². The van der Waals surface area contributed by atoms with Crippen molar-refractivity contribution in [2.24, 2.45) is 5.73 Å². The largest absolute Gasteiger partial charge is 0.385 e. The Morgan fingerprint density at radius 3 is 2.55 bits per heavy atom. The van der Waals surface area contributed by atoms with Crippen LogP contribution in [0.3, 0.4) is 0 Å². The zero-order valence-electron chi connectivity index (χ0n) is 23.9. The van der Waals surface area contributed by atoms with Crippen LogP contribution in [0.1, 0.15) is 24.1 Å². The van der Waals surface area contributed by atoms with E-state index >= 15 is 0 Å². The average Bonchev–Trinajstić information content (AvgIpc) is 3.38. The first-order valence-electron chi connectivity index (χ1n) is 14.7. The first-order chi connectivity index (χ1) is 20.7. The van der Waals surface area contributed by atoms with Gasteiger partial charge in [0.1, 0.15) is 0 Å². The van der Waals surface area contributed by atoms with Crippen LogP contribution in [-0.2, 0) is 6.42 Å². The summed E-state index contributed by atoms with van der Waals surface area (Å²) >= 11 is 0. The van der Waals surface area contributed by atoms with Gasteiger partial charge in [0.25, 0.3) is 0 Å². The van der Waals surface area contributed by atoms with Crippen molar-refractivity contribution < 1.29 is 0 Å². The fourth-order valence-corrected chi connectivity index (χ4v) is 5.78. The number of hydrogen-bond acceptors (Lipinski definition) is 2. The third-order valence-corrected chi connectivity index (χ3v) is 7.87. The molecule has 1 aromatic heterocycles. The summed E-state index contributed by atoms with van der Waals surface area (Å²) in [5.41, 5.74) is 17.5. The number of nitrogens with one attached hydrogen (secondary N) is 1. The van der Waals surface area contributed by atoms with Gasteiger partial charge < -0.3 is 15.6 Å². The Bertz CT molecular complexity index is 1770. The van der Waals surface area contributed by atoms with Crippen molar-refractivity contribution in [3.8, 4) is 22.3 Å². The molecule has 0 radical (unpaired) electrons. The molecule has 1 aliphatic carbocycles. The van der Waals surface area contributed by atoms with Crippen molar-refractivity contribution in [3.63, 3.8) is 0 Å². The highest BCUT2D eigenvalue weighted by Gasteiger charge is 2.20. The molecule has 3 nitrogen and oxygen atoms in total. The first kappa shape index (κ1) is 27.3. The van der Waals surface area contributed by atoms with E-state index in [-0.39, 0.29) is 6.04 Å². The van der Waals surface area contributed by atoms with E-state index in [1.807, 2.05) is 12.2 Å². The second kappa shape index (κ2) is 12.8. The molecular formula is C39H37N3. The number of benzene rings is 3. The number of hydrogen-bond donors (Lipinski definition) is 2. The minimum absolute atomic E-state index is 0.192. The van der Waals surface area contributed by atoms with Gasteiger partial charge >= 0.3 is 0 Å². The Balaban J connectivity index is 1.45. The monoisotopic (exact) mass is 547 g/mol. The topological polar surface area (TPSA) is 43.0 Å². The molecule has 2 aliphatic rings. The predicted molar refractivity (Wildman–Crippen MR) is 181 cm³/mol. The van der Waals surface area contributed by atoms with Gasteiger partial charge in [-0.2, -0.15) is 0 Å². The van der Waals surface area contributed by atoms with Crippen molar-refractivity contribution in [1.82, 2.24) is 9.88 Å². The van der Waals surface area contributed by atoms with Gasteiger partial charge in [0.2, 0.25) is 0 Å². The van der Waals surface area contributed by atoms with Crippen LogP contribution in [0, 0.1) is 0 Å². The number of allylic oxidation sites excluding steroid dienone is 8. The third-order valence-electron chi connectivity index (χ3n) is 7.87. The van der Waals surface area contributed by atoms with Crippen LogP contribution >= 0.6 is 0 Å². The molecule has 208 valence electrons. The van der Waals surface area contributed by atoms with E-state index < -0.39 is 0 Å². The standard InChI is InChI=1S/C39H37N3/c1-2-3-16-33(40)21-23-35(24-22-34-17-9-10-26-41-34)42-38-19-8-7-18-36(38)37-28-32(20-25-39(37)42)31-15-11-14-30(27-31)29-12-5-4-6-13-29/h2-7,9-18,20-21,23-25,27-28,33,41H,1,8,19,22,26,40H2/b16-3-,23-21+,35-24+. The molecule has 0 bridgehead atoms. The lowest BCUT2D eigenvalue weighted by molar-refractivity contribution is 0.853. The van der Waals surface area contributed by atoms with Crippen molar-refractivity contribution in [2.75, 3.05) is 6.54 Å². The summed E-state index contributed by atoms with van der Waals surface area (Å²) in [4.78, 5) is 0. The molecule has 6 rings (SSSR count). The molecule has 1 aliphatic heterocycles. The van der Waals surface area contributed by atoms with E-state index in [9.17, 15) is 0 Å². The zero-order valence-corrected chi connectivity index (χ0v) is 23.9. The van der Waals surface area contributed by atoms with Crippen LogP contribution in [0.5, 0.6) is 0 Å².